The van der Waals surface area contributed by atoms with Crippen LogP contribution in [0.15, 0.2) is 35.5 Å². The van der Waals surface area contributed by atoms with Crippen molar-refractivity contribution in [3.8, 4) is 0 Å². The van der Waals surface area contributed by atoms with Gasteiger partial charge in [-0.3, -0.25) is 12.2 Å². The van der Waals surface area contributed by atoms with Crippen LogP contribution in [0.3, 0.4) is 0 Å². The van der Waals surface area contributed by atoms with Gasteiger partial charge in [0, 0.05) is 0 Å². The fraction of sp³-hybridized carbons (Fsp3) is 0.692. The van der Waals surface area contributed by atoms with Gasteiger partial charge in [-0.2, -0.15) is 12.2 Å². The van der Waals surface area contributed by atoms with Gasteiger partial charge >= 0.3 is 21.7 Å². The summed E-state index contributed by atoms with van der Waals surface area (Å²) in [7, 11) is 0. The molecule has 0 nitrogen and oxygen atoms in total. The normalized spacial score (nSPS) is 13.4. The second-order valence-corrected chi connectivity index (χ2v) is 7.65. The molecule has 29 heavy (non-hydrogen) atoms. The van der Waals surface area contributed by atoms with E-state index < -0.39 is 0 Å². The van der Waals surface area contributed by atoms with Crippen molar-refractivity contribution in [2.24, 2.45) is 0 Å². The Kier molecular flexibility index (Phi) is 30.7. The molecule has 0 aliphatic heterocycles. The van der Waals surface area contributed by atoms with Crippen LogP contribution >= 0.6 is 0 Å². The maximum absolute atomic E-state index is 3.36. The fourth-order valence-electron chi connectivity index (χ4n) is 3.44. The Labute approximate surface area is 209 Å². The van der Waals surface area contributed by atoms with Gasteiger partial charge in [-0.1, -0.05) is 104 Å². The predicted octanol–water partition coefficient (Wildman–Crippen LogP) is 2.86. The number of hydrogen-bond donors (Lipinski definition) is 0. The summed E-state index contributed by atoms with van der Waals surface area (Å²) >= 11 is 0. The molecule has 0 unspecified atom stereocenters. The van der Waals surface area contributed by atoms with E-state index in [9.17, 15) is 0 Å². The SMILES string of the molecule is CCCCCCCCC1=[C-]CC=C1.CCCCCCCCC1=[C-]CC=C1.[Cl-].[Cl-].[Ti+4]. The van der Waals surface area contributed by atoms with Gasteiger partial charge in [0.25, 0.3) is 0 Å². The molecule has 0 saturated carbocycles. The summed E-state index contributed by atoms with van der Waals surface area (Å²) in [6, 6.07) is 0. The monoisotopic (exact) mass is 472 g/mol. The Morgan fingerprint density at radius 3 is 1.24 bits per heavy atom. The van der Waals surface area contributed by atoms with Crippen LogP contribution in [0.5, 0.6) is 0 Å². The average Bonchev–Trinajstić information content (AvgIpc) is 3.35. The number of allylic oxidation sites excluding steroid dienone is 8. The smallest absolute Gasteiger partial charge is 1.00 e. The summed E-state index contributed by atoms with van der Waals surface area (Å²) in [6.07, 6.45) is 36.9. The van der Waals surface area contributed by atoms with E-state index >= 15 is 0 Å². The van der Waals surface area contributed by atoms with E-state index in [1.165, 1.54) is 101 Å². The molecule has 0 fully saturated rings. The third kappa shape index (κ3) is 21.3. The van der Waals surface area contributed by atoms with E-state index in [-0.39, 0.29) is 46.5 Å². The van der Waals surface area contributed by atoms with Crippen LogP contribution in [0.25, 0.3) is 0 Å². The van der Waals surface area contributed by atoms with E-state index in [1.807, 2.05) is 0 Å². The fourth-order valence-corrected chi connectivity index (χ4v) is 3.44. The van der Waals surface area contributed by atoms with E-state index in [0.717, 1.165) is 12.8 Å². The standard InChI is InChI=1S/2C13H21.2ClH.Ti/c2*1-2-3-4-5-6-7-10-13-11-8-9-12-13;;;/h2*8,11H,2-7,9-10H2,1H3;2*1H;/q2*-1;;;+4/p-2. The van der Waals surface area contributed by atoms with Gasteiger partial charge < -0.3 is 24.8 Å². The molecule has 0 N–H and O–H groups in total. The molecular formula is C26H42Cl2Ti. The van der Waals surface area contributed by atoms with Crippen molar-refractivity contribution in [2.45, 2.75) is 117 Å². The number of hydrogen-bond acceptors (Lipinski definition) is 0. The molecule has 0 aromatic carbocycles. The molecule has 0 spiro atoms. The summed E-state index contributed by atoms with van der Waals surface area (Å²) in [5, 5.41) is 0. The summed E-state index contributed by atoms with van der Waals surface area (Å²) < 4.78 is 0. The van der Waals surface area contributed by atoms with Crippen LogP contribution in [-0.4, -0.2) is 0 Å². The zero-order valence-corrected chi connectivity index (χ0v) is 22.0. The third-order valence-corrected chi connectivity index (χ3v) is 5.13. The number of unbranched alkanes of at least 4 members (excludes halogenated alkanes) is 10. The largest absolute Gasteiger partial charge is 4.00 e. The molecule has 2 aliphatic carbocycles. The minimum Gasteiger partial charge on any atom is -1.00 e. The van der Waals surface area contributed by atoms with Gasteiger partial charge in [0.05, 0.1) is 0 Å². The van der Waals surface area contributed by atoms with Crippen molar-refractivity contribution in [3.05, 3.63) is 47.6 Å². The molecule has 0 bridgehead atoms. The maximum Gasteiger partial charge on any atom is 4.00 e. The summed E-state index contributed by atoms with van der Waals surface area (Å²) in [4.78, 5) is 0. The van der Waals surface area contributed by atoms with Crippen LogP contribution in [0, 0.1) is 12.2 Å². The number of rotatable bonds is 14. The number of halogens is 2. The second-order valence-electron chi connectivity index (χ2n) is 7.65. The van der Waals surface area contributed by atoms with Crippen LogP contribution in [0.2, 0.25) is 0 Å². The van der Waals surface area contributed by atoms with Crippen LogP contribution < -0.4 is 24.8 Å². The minimum atomic E-state index is 0. The van der Waals surface area contributed by atoms with Crippen molar-refractivity contribution >= 4 is 0 Å². The first-order valence-corrected chi connectivity index (χ1v) is 11.4. The first-order valence-electron chi connectivity index (χ1n) is 11.4. The van der Waals surface area contributed by atoms with E-state index in [2.05, 4.69) is 50.3 Å². The quantitative estimate of drug-likeness (QED) is 0.207. The molecule has 0 heterocycles. The Hall–Kier alpha value is 0.254. The average molecular weight is 473 g/mol. The van der Waals surface area contributed by atoms with Crippen molar-refractivity contribution < 1.29 is 46.5 Å². The maximum atomic E-state index is 3.36. The molecular weight excluding hydrogens is 431 g/mol. The summed E-state index contributed by atoms with van der Waals surface area (Å²) in [5.41, 5.74) is 2.88. The molecule has 0 aromatic rings. The first kappa shape index (κ1) is 33.9. The minimum absolute atomic E-state index is 0. The Balaban J connectivity index is -0.000000422. The summed E-state index contributed by atoms with van der Waals surface area (Å²) in [6.45, 7) is 4.53. The van der Waals surface area contributed by atoms with Crippen LogP contribution in [-0.2, 0) is 21.7 Å². The predicted molar refractivity (Wildman–Crippen MR) is 117 cm³/mol. The van der Waals surface area contributed by atoms with Crippen molar-refractivity contribution in [2.75, 3.05) is 0 Å². The molecule has 0 saturated heterocycles. The Morgan fingerprint density at radius 1 is 0.586 bits per heavy atom. The van der Waals surface area contributed by atoms with Crippen molar-refractivity contribution in [1.29, 1.82) is 0 Å². The first-order chi connectivity index (χ1) is 12.9. The van der Waals surface area contributed by atoms with Gasteiger partial charge in [0.2, 0.25) is 0 Å². The Bertz CT molecular complexity index is 408. The van der Waals surface area contributed by atoms with E-state index in [0.29, 0.717) is 0 Å². The molecule has 0 amide bonds. The van der Waals surface area contributed by atoms with Gasteiger partial charge in [-0.25, -0.2) is 23.3 Å². The molecule has 0 radical (unpaired) electrons. The molecule has 0 aromatic heterocycles. The molecule has 2 aliphatic rings. The van der Waals surface area contributed by atoms with Gasteiger partial charge in [0.1, 0.15) is 0 Å². The van der Waals surface area contributed by atoms with Crippen molar-refractivity contribution in [3.63, 3.8) is 0 Å². The molecule has 2 rings (SSSR count). The Morgan fingerprint density at radius 2 is 0.931 bits per heavy atom. The zero-order chi connectivity index (χ0) is 18.7. The van der Waals surface area contributed by atoms with Gasteiger partial charge in [-0.05, 0) is 0 Å². The van der Waals surface area contributed by atoms with Gasteiger partial charge in [-0.15, -0.1) is 12.8 Å². The van der Waals surface area contributed by atoms with E-state index in [4.69, 9.17) is 0 Å². The molecule has 3 heteroatoms. The molecule has 164 valence electrons. The third-order valence-electron chi connectivity index (χ3n) is 5.13. The summed E-state index contributed by atoms with van der Waals surface area (Å²) in [5.74, 6) is 0. The van der Waals surface area contributed by atoms with Crippen molar-refractivity contribution in [1.82, 2.24) is 0 Å². The van der Waals surface area contributed by atoms with E-state index in [1.54, 1.807) is 0 Å². The van der Waals surface area contributed by atoms with Crippen LogP contribution in [0.4, 0.5) is 0 Å². The van der Waals surface area contributed by atoms with Gasteiger partial charge in [0.15, 0.2) is 0 Å². The van der Waals surface area contributed by atoms with Crippen LogP contribution in [0.1, 0.15) is 117 Å². The topological polar surface area (TPSA) is 0 Å². The second kappa shape index (κ2) is 26.3. The zero-order valence-electron chi connectivity index (χ0n) is 18.9. The molecule has 0 atom stereocenters.